The predicted octanol–water partition coefficient (Wildman–Crippen LogP) is 1.09. The number of aromatic nitrogens is 2. The fourth-order valence-electron chi connectivity index (χ4n) is 5.70. The van der Waals surface area contributed by atoms with E-state index in [9.17, 15) is 44.4 Å². The van der Waals surface area contributed by atoms with Gasteiger partial charge in [-0.25, -0.2) is 9.78 Å². The molecule has 1 fully saturated rings. The number of rotatable bonds is 12. The van der Waals surface area contributed by atoms with Crippen LogP contribution >= 0.6 is 23.1 Å². The molecule has 276 valence electrons. The molecule has 18 nitrogen and oxygen atoms in total. The van der Waals surface area contributed by atoms with Crippen molar-refractivity contribution in [1.29, 1.82) is 0 Å². The number of β-lactam (4-membered cyclic amide) rings is 1. The number of anilines is 1. The van der Waals surface area contributed by atoms with Crippen molar-refractivity contribution >= 4 is 68.5 Å². The molecule has 0 aliphatic carbocycles. The van der Waals surface area contributed by atoms with E-state index >= 15 is 0 Å². The smallest absolute Gasteiger partial charge is 0.352 e. The van der Waals surface area contributed by atoms with E-state index in [-0.39, 0.29) is 68.9 Å². The highest BCUT2D eigenvalue weighted by atomic mass is 32.2. The van der Waals surface area contributed by atoms with E-state index in [0.29, 0.717) is 5.56 Å². The number of pyridine rings is 1. The van der Waals surface area contributed by atoms with Crippen LogP contribution in [0.3, 0.4) is 0 Å². The summed E-state index contributed by atoms with van der Waals surface area (Å²) < 4.78 is 6.20. The van der Waals surface area contributed by atoms with E-state index in [0.717, 1.165) is 28.0 Å². The maximum absolute atomic E-state index is 13.6. The normalized spacial score (nSPS) is 17.6. The van der Waals surface area contributed by atoms with Crippen LogP contribution < -0.4 is 21.9 Å². The number of thioether (sulfide) groups is 1. The molecule has 0 bridgehead atoms. The molecule has 53 heavy (non-hydrogen) atoms. The number of carbonyl (C=O) groups excluding carboxylic acids is 3. The van der Waals surface area contributed by atoms with Crippen LogP contribution in [0.1, 0.15) is 28.5 Å². The van der Waals surface area contributed by atoms with Crippen molar-refractivity contribution in [2.75, 3.05) is 25.1 Å². The third-order valence-electron chi connectivity index (χ3n) is 8.36. The molecule has 2 aromatic heterocycles. The number of amides is 3. The van der Waals surface area contributed by atoms with Gasteiger partial charge in [-0.3, -0.25) is 24.1 Å². The number of nitrogen functional groups attached to an aromatic ring is 1. The van der Waals surface area contributed by atoms with Crippen molar-refractivity contribution < 1.29 is 49.2 Å². The molecule has 2 unspecified atom stereocenters. The molecule has 0 radical (unpaired) electrons. The first-order valence-electron chi connectivity index (χ1n) is 15.6. The van der Waals surface area contributed by atoms with Crippen molar-refractivity contribution in [2.24, 2.45) is 5.16 Å². The summed E-state index contributed by atoms with van der Waals surface area (Å²) in [5.41, 5.74) is 4.76. The average molecular weight is 766 g/mol. The number of carboxylic acids is 1. The first-order chi connectivity index (χ1) is 25.3. The molecule has 3 atom stereocenters. The molecule has 1 saturated heterocycles. The number of ether oxygens (including phenoxy) is 1. The number of aliphatic carboxylic acids is 1. The van der Waals surface area contributed by atoms with Gasteiger partial charge < -0.3 is 50.9 Å². The summed E-state index contributed by atoms with van der Waals surface area (Å²) in [5.74, 6) is -5.46. The van der Waals surface area contributed by atoms with Crippen LogP contribution in [0.2, 0.25) is 0 Å². The third kappa shape index (κ3) is 7.06. The Morgan fingerprint density at radius 2 is 1.89 bits per heavy atom. The first kappa shape index (κ1) is 36.7. The van der Waals surface area contributed by atoms with Crippen LogP contribution in [-0.2, 0) is 30.5 Å². The SMILES string of the molecule is COC(C)O/N=C(\C(=O)NC1C(=O)N2C(C(=O)O)=C(CNC(=O)c3c(O)c(=O)n(Cc4ccc(O)c(O)c4)c4ccccc34)CS[C@H]12)c1csc(N)n1. The fourth-order valence-corrected chi connectivity index (χ4v) is 7.60. The number of thiazole rings is 1. The van der Waals surface area contributed by atoms with Crippen LogP contribution in [0, 0.1) is 0 Å². The number of carboxylic acid groups (broad SMARTS) is 1. The number of hydrogen-bond acceptors (Lipinski definition) is 15. The number of phenolic OH excluding ortho intramolecular Hbond substituents is 2. The van der Waals surface area contributed by atoms with E-state index < -0.39 is 58.5 Å². The largest absolute Gasteiger partial charge is 0.504 e. The number of nitrogens with zero attached hydrogens (tertiary/aromatic N) is 4. The molecule has 2 aliphatic heterocycles. The zero-order valence-corrected chi connectivity index (χ0v) is 29.4. The predicted molar refractivity (Wildman–Crippen MR) is 191 cm³/mol. The van der Waals surface area contributed by atoms with E-state index in [1.54, 1.807) is 18.2 Å². The maximum Gasteiger partial charge on any atom is 0.352 e. The number of nitrogens with two attached hydrogens (primary N) is 1. The summed E-state index contributed by atoms with van der Waals surface area (Å²) in [6.07, 6.45) is -0.818. The molecule has 20 heteroatoms. The second kappa shape index (κ2) is 14.9. The molecule has 0 spiro atoms. The highest BCUT2D eigenvalue weighted by molar-refractivity contribution is 8.00. The van der Waals surface area contributed by atoms with Gasteiger partial charge in [0.25, 0.3) is 23.3 Å². The fraction of sp³-hybridized carbons (Fsp3) is 0.242. The summed E-state index contributed by atoms with van der Waals surface area (Å²) in [5, 5.41) is 50.7. The van der Waals surface area contributed by atoms with Gasteiger partial charge in [-0.1, -0.05) is 29.4 Å². The van der Waals surface area contributed by atoms with Crippen LogP contribution in [-0.4, -0.2) is 101 Å². The highest BCUT2D eigenvalue weighted by Crippen LogP contribution is 2.40. The van der Waals surface area contributed by atoms with Crippen LogP contribution in [0.25, 0.3) is 10.9 Å². The van der Waals surface area contributed by atoms with Crippen molar-refractivity contribution in [2.45, 2.75) is 31.2 Å². The van der Waals surface area contributed by atoms with Gasteiger partial charge in [0, 0.05) is 37.1 Å². The van der Waals surface area contributed by atoms with Gasteiger partial charge in [0.2, 0.25) is 6.29 Å². The highest BCUT2D eigenvalue weighted by Gasteiger charge is 2.54. The minimum Gasteiger partial charge on any atom is -0.504 e. The number of fused-ring (bicyclic) bond motifs is 2. The Morgan fingerprint density at radius 3 is 2.57 bits per heavy atom. The van der Waals surface area contributed by atoms with E-state index in [1.807, 2.05) is 0 Å². The number of aromatic hydroxyl groups is 3. The van der Waals surface area contributed by atoms with Crippen molar-refractivity contribution in [3.63, 3.8) is 0 Å². The number of methoxy groups -OCH3 is 1. The number of hydrogen-bond donors (Lipinski definition) is 7. The summed E-state index contributed by atoms with van der Waals surface area (Å²) in [4.78, 5) is 76.3. The lowest BCUT2D eigenvalue weighted by atomic mass is 10.0. The van der Waals surface area contributed by atoms with Crippen molar-refractivity contribution in [1.82, 2.24) is 25.1 Å². The van der Waals surface area contributed by atoms with Gasteiger partial charge in [0.1, 0.15) is 22.8 Å². The monoisotopic (exact) mass is 765 g/mol. The van der Waals surface area contributed by atoms with Gasteiger partial charge in [-0.2, -0.15) is 0 Å². The maximum atomic E-state index is 13.6. The number of para-hydroxylation sites is 1. The Morgan fingerprint density at radius 1 is 1.13 bits per heavy atom. The van der Waals surface area contributed by atoms with Gasteiger partial charge in [-0.15, -0.1) is 23.1 Å². The Labute approximate surface area is 307 Å². The lowest BCUT2D eigenvalue weighted by molar-refractivity contribution is -0.150. The van der Waals surface area contributed by atoms with E-state index in [4.69, 9.17) is 15.3 Å². The molecule has 0 saturated carbocycles. The van der Waals surface area contributed by atoms with Crippen LogP contribution in [0.4, 0.5) is 5.13 Å². The molecule has 8 N–H and O–H groups in total. The van der Waals surface area contributed by atoms with Gasteiger partial charge in [0.05, 0.1) is 17.6 Å². The topological polar surface area (TPSA) is 268 Å². The van der Waals surface area contributed by atoms with Gasteiger partial charge in [-0.05, 0) is 29.3 Å². The Bertz CT molecular complexity index is 2290. The number of carbonyl (C=O) groups is 4. The molecule has 2 aliphatic rings. The minimum absolute atomic E-state index is 0.0363. The second-order valence-electron chi connectivity index (χ2n) is 11.7. The molecular weight excluding hydrogens is 735 g/mol. The summed E-state index contributed by atoms with van der Waals surface area (Å²) in [6.45, 7) is 1.06. The van der Waals surface area contributed by atoms with Gasteiger partial charge in [0.15, 0.2) is 28.1 Å². The number of phenols is 2. The van der Waals surface area contributed by atoms with Crippen LogP contribution in [0.15, 0.2) is 69.1 Å². The molecule has 4 aromatic rings. The molecule has 3 amide bonds. The van der Waals surface area contributed by atoms with Crippen molar-refractivity contribution in [3.05, 3.63) is 86.3 Å². The Hall–Kier alpha value is -6.12. The average Bonchev–Trinajstić information content (AvgIpc) is 3.57. The number of nitrogens with one attached hydrogen (secondary N) is 2. The summed E-state index contributed by atoms with van der Waals surface area (Å²) in [6, 6.07) is 9.17. The molecule has 2 aromatic carbocycles. The van der Waals surface area contributed by atoms with Gasteiger partial charge >= 0.3 is 5.97 Å². The molecule has 4 heterocycles. The zero-order valence-electron chi connectivity index (χ0n) is 27.8. The quantitative estimate of drug-likeness (QED) is 0.0350. The minimum atomic E-state index is -1.45. The first-order valence-corrected chi connectivity index (χ1v) is 17.6. The lowest BCUT2D eigenvalue weighted by Crippen LogP contribution is -2.71. The lowest BCUT2D eigenvalue weighted by Gasteiger charge is -2.49. The Kier molecular flexibility index (Phi) is 10.3. The van der Waals surface area contributed by atoms with Crippen LogP contribution in [0.5, 0.6) is 17.2 Å². The molecular formula is C33H31N7O11S2. The second-order valence-corrected chi connectivity index (χ2v) is 13.7. The third-order valence-corrected chi connectivity index (χ3v) is 10.4. The standard InChI is InChI=1S/C33H31N7O11S2/c1-14(50-2)51-38-23(18-13-53-33(34)36-18)28(45)37-24-29(46)40-25(32(48)49)16(12-52-31(24)40)10-35-27(44)22-17-5-3-4-6-19(17)39(30(47)26(22)43)11-15-7-8-20(41)21(42)9-15/h3-9,13-14,24,31,41-43H,10-12H2,1-2H3,(H2,34,36)(H,35,44)(H,37,45)(H,48,49)/b38-23-/t14?,24?,31-/m1/s1. The van der Waals surface area contributed by atoms with Crippen molar-refractivity contribution in [3.8, 4) is 17.2 Å². The van der Waals surface area contributed by atoms with E-state index in [1.165, 1.54) is 48.2 Å². The number of oxime groups is 1. The Balaban J connectivity index is 1.21. The number of benzene rings is 2. The van der Waals surface area contributed by atoms with E-state index in [2.05, 4.69) is 20.8 Å². The zero-order chi connectivity index (χ0) is 38.1. The molecule has 6 rings (SSSR count). The summed E-state index contributed by atoms with van der Waals surface area (Å²) in [7, 11) is 1.37. The summed E-state index contributed by atoms with van der Waals surface area (Å²) >= 11 is 2.20.